The molecule has 0 aromatic rings. The first-order chi connectivity index (χ1) is 4.72. The summed E-state index contributed by atoms with van der Waals surface area (Å²) in [5, 5.41) is 17.8. The normalized spacial score (nSPS) is 15.2. The Bertz CT molecular complexity index is 132. The van der Waals surface area contributed by atoms with Gasteiger partial charge in [-0.25, -0.2) is 0 Å². The lowest BCUT2D eigenvalue weighted by Crippen LogP contribution is -2.19. The lowest BCUT2D eigenvalue weighted by Gasteiger charge is -2.12. The summed E-state index contributed by atoms with van der Waals surface area (Å²) in [5.74, 6) is 5.37. The predicted octanol–water partition coefficient (Wildman–Crippen LogP) is 0.389. The molecule has 58 valence electrons. The third kappa shape index (κ3) is 3.49. The van der Waals surface area contributed by atoms with Crippen LogP contribution in [0.2, 0.25) is 0 Å². The topological polar surface area (TPSA) is 40.5 Å². The number of rotatable bonds is 3. The molecular formula is C8H14O2. The Morgan fingerprint density at radius 1 is 1.50 bits per heavy atom. The molecule has 0 aromatic heterocycles. The Hall–Kier alpha value is -0.520. The molecule has 0 aromatic carbocycles. The maximum Gasteiger partial charge on any atom is 0.0696 e. The third-order valence-corrected chi connectivity index (χ3v) is 1.43. The Morgan fingerprint density at radius 2 is 2.10 bits per heavy atom. The van der Waals surface area contributed by atoms with Gasteiger partial charge in [0, 0.05) is 18.9 Å². The van der Waals surface area contributed by atoms with Crippen molar-refractivity contribution in [1.82, 2.24) is 0 Å². The maximum absolute atomic E-state index is 9.19. The molecule has 0 radical (unpaired) electrons. The quantitative estimate of drug-likeness (QED) is 0.559. The van der Waals surface area contributed by atoms with Crippen LogP contribution in [0.15, 0.2) is 0 Å². The van der Waals surface area contributed by atoms with Gasteiger partial charge in [-0.3, -0.25) is 0 Å². The third-order valence-electron chi connectivity index (χ3n) is 1.43. The van der Waals surface area contributed by atoms with Gasteiger partial charge in [0.25, 0.3) is 0 Å². The van der Waals surface area contributed by atoms with E-state index in [9.17, 15) is 5.11 Å². The van der Waals surface area contributed by atoms with Crippen LogP contribution in [0.5, 0.6) is 0 Å². The second-order valence-corrected chi connectivity index (χ2v) is 2.36. The minimum atomic E-state index is -0.488. The molecule has 10 heavy (non-hydrogen) atoms. The highest BCUT2D eigenvalue weighted by atomic mass is 16.3. The van der Waals surface area contributed by atoms with E-state index in [2.05, 4.69) is 11.8 Å². The average molecular weight is 142 g/mol. The molecule has 0 saturated carbocycles. The van der Waals surface area contributed by atoms with Gasteiger partial charge < -0.3 is 10.2 Å². The molecule has 0 aliphatic heterocycles. The van der Waals surface area contributed by atoms with E-state index in [0.717, 1.165) is 0 Å². The molecule has 0 aliphatic carbocycles. The van der Waals surface area contributed by atoms with Crippen LogP contribution in [0, 0.1) is 17.8 Å². The van der Waals surface area contributed by atoms with Gasteiger partial charge in [0.2, 0.25) is 0 Å². The molecule has 0 aliphatic rings. The van der Waals surface area contributed by atoms with E-state index in [0.29, 0.717) is 6.42 Å². The van der Waals surface area contributed by atoms with E-state index in [1.54, 1.807) is 13.8 Å². The van der Waals surface area contributed by atoms with Crippen molar-refractivity contribution < 1.29 is 10.2 Å². The van der Waals surface area contributed by atoms with Gasteiger partial charge in [-0.2, -0.15) is 0 Å². The predicted molar refractivity (Wildman–Crippen MR) is 40.3 cm³/mol. The lowest BCUT2D eigenvalue weighted by molar-refractivity contribution is 0.0811. The van der Waals surface area contributed by atoms with Crippen LogP contribution in [-0.2, 0) is 0 Å². The lowest BCUT2D eigenvalue weighted by atomic mass is 10.0. The first-order valence-corrected chi connectivity index (χ1v) is 3.41. The Balaban J connectivity index is 3.57. The molecule has 2 heteroatoms. The second kappa shape index (κ2) is 5.28. The number of hydrogen-bond donors (Lipinski definition) is 2. The van der Waals surface area contributed by atoms with E-state index >= 15 is 0 Å². The molecule has 2 nitrogen and oxygen atoms in total. The Labute approximate surface area is 61.9 Å². The van der Waals surface area contributed by atoms with Crippen LogP contribution in [-0.4, -0.2) is 22.9 Å². The molecule has 2 N–H and O–H groups in total. The van der Waals surface area contributed by atoms with Gasteiger partial charge in [-0.05, 0) is 6.92 Å². The van der Waals surface area contributed by atoms with Crippen LogP contribution in [0.1, 0.15) is 20.3 Å². The summed E-state index contributed by atoms with van der Waals surface area (Å²) in [7, 11) is 0. The van der Waals surface area contributed by atoms with Crippen LogP contribution < -0.4 is 0 Å². The van der Waals surface area contributed by atoms with E-state index in [4.69, 9.17) is 5.11 Å². The van der Waals surface area contributed by atoms with Crippen molar-refractivity contribution in [3.05, 3.63) is 0 Å². The molecule has 0 saturated heterocycles. The second-order valence-electron chi connectivity index (χ2n) is 2.36. The van der Waals surface area contributed by atoms with E-state index < -0.39 is 6.10 Å². The maximum atomic E-state index is 9.19. The molecule has 1 unspecified atom stereocenters. The largest absolute Gasteiger partial charge is 0.396 e. The number of hydrogen-bond acceptors (Lipinski definition) is 2. The summed E-state index contributed by atoms with van der Waals surface area (Å²) in [4.78, 5) is 0. The zero-order chi connectivity index (χ0) is 7.98. The minimum Gasteiger partial charge on any atom is -0.396 e. The minimum absolute atomic E-state index is 0.0204. The van der Waals surface area contributed by atoms with Crippen molar-refractivity contribution in [2.24, 2.45) is 5.92 Å². The molecule has 0 spiro atoms. The molecule has 0 bridgehead atoms. The van der Waals surface area contributed by atoms with Gasteiger partial charge in [0.1, 0.15) is 0 Å². The highest BCUT2D eigenvalue weighted by Crippen LogP contribution is 2.04. The fraction of sp³-hybridized carbons (Fsp3) is 0.750. The first kappa shape index (κ1) is 9.48. The van der Waals surface area contributed by atoms with Crippen molar-refractivity contribution >= 4 is 0 Å². The van der Waals surface area contributed by atoms with Gasteiger partial charge in [0.05, 0.1) is 6.10 Å². The molecular weight excluding hydrogens is 128 g/mol. The van der Waals surface area contributed by atoms with Gasteiger partial charge in [0.15, 0.2) is 0 Å². The number of aliphatic hydroxyl groups is 2. The highest BCUT2D eigenvalue weighted by Gasteiger charge is 2.10. The Morgan fingerprint density at radius 3 is 2.50 bits per heavy atom. The van der Waals surface area contributed by atoms with Gasteiger partial charge in [-0.1, -0.05) is 6.92 Å². The van der Waals surface area contributed by atoms with Crippen molar-refractivity contribution in [3.63, 3.8) is 0 Å². The first-order valence-electron chi connectivity index (χ1n) is 3.41. The molecule has 2 atom stereocenters. The van der Waals surface area contributed by atoms with Crippen LogP contribution in [0.3, 0.4) is 0 Å². The van der Waals surface area contributed by atoms with Crippen molar-refractivity contribution in [3.8, 4) is 11.8 Å². The van der Waals surface area contributed by atoms with E-state index in [1.807, 2.05) is 0 Å². The monoisotopic (exact) mass is 142 g/mol. The average Bonchev–Trinajstić information content (AvgIpc) is 1.98. The SMILES string of the molecule is CC#CC[C@@H](O)C(C)CO. The van der Waals surface area contributed by atoms with Crippen molar-refractivity contribution in [1.29, 1.82) is 0 Å². The summed E-state index contributed by atoms with van der Waals surface area (Å²) in [6.45, 7) is 3.55. The zero-order valence-electron chi connectivity index (χ0n) is 6.46. The van der Waals surface area contributed by atoms with Crippen molar-refractivity contribution in [2.45, 2.75) is 26.4 Å². The van der Waals surface area contributed by atoms with Crippen LogP contribution in [0.25, 0.3) is 0 Å². The fourth-order valence-corrected chi connectivity index (χ4v) is 0.529. The molecule has 0 amide bonds. The summed E-state index contributed by atoms with van der Waals surface area (Å²) >= 11 is 0. The highest BCUT2D eigenvalue weighted by molar-refractivity contribution is 4.97. The van der Waals surface area contributed by atoms with Gasteiger partial charge in [-0.15, -0.1) is 11.8 Å². The summed E-state index contributed by atoms with van der Waals surface area (Å²) in [5.41, 5.74) is 0. The van der Waals surface area contributed by atoms with E-state index in [1.165, 1.54) is 0 Å². The van der Waals surface area contributed by atoms with Crippen LogP contribution >= 0.6 is 0 Å². The molecule has 0 heterocycles. The van der Waals surface area contributed by atoms with Gasteiger partial charge >= 0.3 is 0 Å². The Kier molecular flexibility index (Phi) is 5.00. The van der Waals surface area contributed by atoms with Crippen LogP contribution in [0.4, 0.5) is 0 Å². The molecule has 0 rings (SSSR count). The fourth-order valence-electron chi connectivity index (χ4n) is 0.529. The zero-order valence-corrected chi connectivity index (χ0v) is 6.46. The summed E-state index contributed by atoms with van der Waals surface area (Å²) in [6, 6.07) is 0. The smallest absolute Gasteiger partial charge is 0.0696 e. The summed E-state index contributed by atoms with van der Waals surface area (Å²) < 4.78 is 0. The summed E-state index contributed by atoms with van der Waals surface area (Å²) in [6.07, 6.45) is -0.0319. The standard InChI is InChI=1S/C8H14O2/c1-3-4-5-8(10)7(2)6-9/h7-10H,5-6H2,1-2H3/t7?,8-/m1/s1. The van der Waals surface area contributed by atoms with E-state index in [-0.39, 0.29) is 12.5 Å². The number of aliphatic hydroxyl groups excluding tert-OH is 2. The molecule has 0 fully saturated rings. The van der Waals surface area contributed by atoms with Crippen molar-refractivity contribution in [2.75, 3.05) is 6.61 Å².